The topological polar surface area (TPSA) is 74.5 Å². The van der Waals surface area contributed by atoms with E-state index in [0.717, 1.165) is 12.1 Å². The average molecular weight is 377 g/mol. The summed E-state index contributed by atoms with van der Waals surface area (Å²) in [5, 5.41) is 7.81. The predicted octanol–water partition coefficient (Wildman–Crippen LogP) is 4.46. The van der Waals surface area contributed by atoms with E-state index in [4.69, 9.17) is 25.5 Å². The van der Waals surface area contributed by atoms with Crippen molar-refractivity contribution in [1.82, 2.24) is 10.2 Å². The lowest BCUT2D eigenvalue weighted by Crippen LogP contribution is -2.10. The molecule has 0 bridgehead atoms. The molecule has 1 atom stereocenters. The standard InChI is InChI=1S/C18H14ClFN2O4/c1-10(25-18(23)14-8-5-12(20)9-15(14)19)16-21-22-17(26-16)11-3-6-13(24-2)7-4-11/h3-10H,1-2H3. The predicted molar refractivity (Wildman–Crippen MR) is 91.5 cm³/mol. The number of carbonyl (C=O) groups is 1. The zero-order chi connectivity index (χ0) is 18.7. The molecular weight excluding hydrogens is 363 g/mol. The first kappa shape index (κ1) is 17.9. The van der Waals surface area contributed by atoms with Gasteiger partial charge in [-0.15, -0.1) is 10.2 Å². The molecule has 0 spiro atoms. The molecule has 0 radical (unpaired) electrons. The van der Waals surface area contributed by atoms with Crippen LogP contribution in [-0.4, -0.2) is 23.3 Å². The van der Waals surface area contributed by atoms with E-state index in [1.165, 1.54) is 6.07 Å². The number of rotatable bonds is 5. The molecule has 1 aromatic heterocycles. The molecule has 2 aromatic carbocycles. The summed E-state index contributed by atoms with van der Waals surface area (Å²) in [5.41, 5.74) is 0.750. The number of benzene rings is 2. The maximum Gasteiger partial charge on any atom is 0.340 e. The van der Waals surface area contributed by atoms with E-state index < -0.39 is 17.9 Å². The monoisotopic (exact) mass is 376 g/mol. The Labute approximate surface area is 153 Å². The van der Waals surface area contributed by atoms with E-state index in [9.17, 15) is 9.18 Å². The SMILES string of the molecule is COc1ccc(-c2nnc(C(C)OC(=O)c3ccc(F)cc3Cl)o2)cc1. The van der Waals surface area contributed by atoms with Gasteiger partial charge in [0.25, 0.3) is 5.89 Å². The van der Waals surface area contributed by atoms with Gasteiger partial charge < -0.3 is 13.9 Å². The van der Waals surface area contributed by atoms with Crippen molar-refractivity contribution in [1.29, 1.82) is 0 Å². The molecule has 134 valence electrons. The van der Waals surface area contributed by atoms with E-state index in [0.29, 0.717) is 11.3 Å². The van der Waals surface area contributed by atoms with Crippen LogP contribution in [0, 0.1) is 5.82 Å². The van der Waals surface area contributed by atoms with Gasteiger partial charge in [0.2, 0.25) is 5.89 Å². The average Bonchev–Trinajstić information content (AvgIpc) is 3.12. The number of nitrogens with zero attached hydrogens (tertiary/aromatic N) is 2. The van der Waals surface area contributed by atoms with Crippen LogP contribution in [0.25, 0.3) is 11.5 Å². The van der Waals surface area contributed by atoms with E-state index in [-0.39, 0.29) is 22.4 Å². The van der Waals surface area contributed by atoms with Gasteiger partial charge in [-0.25, -0.2) is 9.18 Å². The zero-order valence-electron chi connectivity index (χ0n) is 13.9. The molecule has 0 aliphatic heterocycles. The normalized spacial score (nSPS) is 11.8. The van der Waals surface area contributed by atoms with E-state index in [1.54, 1.807) is 38.3 Å². The number of ether oxygens (including phenoxy) is 2. The number of aromatic nitrogens is 2. The number of hydrogen-bond donors (Lipinski definition) is 0. The minimum Gasteiger partial charge on any atom is -0.497 e. The fraction of sp³-hybridized carbons (Fsp3) is 0.167. The molecular formula is C18H14ClFN2O4. The molecule has 3 rings (SSSR count). The minimum atomic E-state index is -0.803. The first-order valence-corrected chi connectivity index (χ1v) is 7.99. The highest BCUT2D eigenvalue weighted by Crippen LogP contribution is 2.26. The lowest BCUT2D eigenvalue weighted by Gasteiger charge is -2.10. The van der Waals surface area contributed by atoms with E-state index >= 15 is 0 Å². The van der Waals surface area contributed by atoms with Crippen molar-refractivity contribution in [3.05, 3.63) is 64.8 Å². The van der Waals surface area contributed by atoms with Crippen molar-refractivity contribution in [2.75, 3.05) is 7.11 Å². The highest BCUT2D eigenvalue weighted by Gasteiger charge is 2.21. The summed E-state index contributed by atoms with van der Waals surface area (Å²) in [6.45, 7) is 1.58. The molecule has 1 heterocycles. The van der Waals surface area contributed by atoms with Crippen molar-refractivity contribution in [2.45, 2.75) is 13.0 Å². The molecule has 26 heavy (non-hydrogen) atoms. The van der Waals surface area contributed by atoms with Crippen LogP contribution in [-0.2, 0) is 4.74 Å². The van der Waals surface area contributed by atoms with Crippen LogP contribution in [0.15, 0.2) is 46.9 Å². The summed E-state index contributed by atoms with van der Waals surface area (Å²) in [6.07, 6.45) is -0.803. The zero-order valence-corrected chi connectivity index (χ0v) is 14.7. The van der Waals surface area contributed by atoms with Gasteiger partial charge in [-0.05, 0) is 49.4 Å². The van der Waals surface area contributed by atoms with Crippen LogP contribution < -0.4 is 4.74 Å². The molecule has 6 nitrogen and oxygen atoms in total. The quantitative estimate of drug-likeness (QED) is 0.612. The lowest BCUT2D eigenvalue weighted by molar-refractivity contribution is 0.0280. The highest BCUT2D eigenvalue weighted by molar-refractivity contribution is 6.33. The molecule has 1 unspecified atom stereocenters. The summed E-state index contributed by atoms with van der Waals surface area (Å²) in [4.78, 5) is 12.2. The van der Waals surface area contributed by atoms with Gasteiger partial charge in [0, 0.05) is 5.56 Å². The van der Waals surface area contributed by atoms with Crippen molar-refractivity contribution in [2.24, 2.45) is 0 Å². The maximum absolute atomic E-state index is 13.1. The number of hydrogen-bond acceptors (Lipinski definition) is 6. The smallest absolute Gasteiger partial charge is 0.340 e. The lowest BCUT2D eigenvalue weighted by atomic mass is 10.2. The largest absolute Gasteiger partial charge is 0.497 e. The van der Waals surface area contributed by atoms with Gasteiger partial charge >= 0.3 is 5.97 Å². The number of carbonyl (C=O) groups excluding carboxylic acids is 1. The summed E-state index contributed by atoms with van der Waals surface area (Å²) in [7, 11) is 1.57. The Bertz CT molecular complexity index is 927. The Kier molecular flexibility index (Phi) is 5.18. The first-order valence-electron chi connectivity index (χ1n) is 7.62. The third-order valence-corrected chi connectivity index (χ3v) is 3.87. The molecule has 0 saturated heterocycles. The van der Waals surface area contributed by atoms with E-state index in [1.807, 2.05) is 0 Å². The van der Waals surface area contributed by atoms with Crippen LogP contribution >= 0.6 is 11.6 Å². The molecule has 8 heteroatoms. The minimum absolute atomic E-state index is 0.0355. The summed E-state index contributed by atoms with van der Waals surface area (Å²) < 4.78 is 29.0. The molecule has 3 aromatic rings. The van der Waals surface area contributed by atoms with Crippen LogP contribution in [0.5, 0.6) is 5.75 Å². The molecule has 0 aliphatic carbocycles. The van der Waals surface area contributed by atoms with Gasteiger partial charge in [-0.3, -0.25) is 0 Å². The van der Waals surface area contributed by atoms with E-state index in [2.05, 4.69) is 10.2 Å². The molecule has 0 saturated carbocycles. The fourth-order valence-electron chi connectivity index (χ4n) is 2.18. The van der Waals surface area contributed by atoms with Crippen LogP contribution in [0.3, 0.4) is 0 Å². The third-order valence-electron chi connectivity index (χ3n) is 3.56. The van der Waals surface area contributed by atoms with Gasteiger partial charge in [0.15, 0.2) is 6.10 Å². The molecule has 0 amide bonds. The first-order chi connectivity index (χ1) is 12.5. The van der Waals surface area contributed by atoms with Crippen LogP contribution in [0.2, 0.25) is 5.02 Å². The number of halogens is 2. The summed E-state index contributed by atoms with van der Waals surface area (Å²) >= 11 is 5.86. The van der Waals surface area contributed by atoms with Gasteiger partial charge in [-0.1, -0.05) is 11.6 Å². The fourth-order valence-corrected chi connectivity index (χ4v) is 2.42. The van der Waals surface area contributed by atoms with Crippen molar-refractivity contribution >= 4 is 17.6 Å². The third kappa shape index (κ3) is 3.83. The Hall–Kier alpha value is -2.93. The Balaban J connectivity index is 1.73. The second kappa shape index (κ2) is 7.53. The van der Waals surface area contributed by atoms with Crippen molar-refractivity contribution < 1.29 is 23.1 Å². The Morgan fingerprint density at radius 1 is 1.19 bits per heavy atom. The summed E-state index contributed by atoms with van der Waals surface area (Å²) in [5.74, 6) is -0.146. The van der Waals surface area contributed by atoms with Crippen molar-refractivity contribution in [3.63, 3.8) is 0 Å². The van der Waals surface area contributed by atoms with Crippen LogP contribution in [0.1, 0.15) is 29.3 Å². The molecule has 0 fully saturated rings. The number of methoxy groups -OCH3 is 1. The van der Waals surface area contributed by atoms with Gasteiger partial charge in [0.05, 0.1) is 17.7 Å². The second-order valence-corrected chi connectivity index (χ2v) is 5.75. The van der Waals surface area contributed by atoms with Crippen molar-refractivity contribution in [3.8, 4) is 17.2 Å². The molecule has 0 aliphatic rings. The second-order valence-electron chi connectivity index (χ2n) is 5.35. The highest BCUT2D eigenvalue weighted by atomic mass is 35.5. The van der Waals surface area contributed by atoms with Crippen LogP contribution in [0.4, 0.5) is 4.39 Å². The van der Waals surface area contributed by atoms with Gasteiger partial charge in [-0.2, -0.15) is 0 Å². The maximum atomic E-state index is 13.1. The van der Waals surface area contributed by atoms with Gasteiger partial charge in [0.1, 0.15) is 11.6 Å². The number of esters is 1. The molecule has 0 N–H and O–H groups in total. The summed E-state index contributed by atoms with van der Waals surface area (Å²) in [6, 6.07) is 10.5. The Morgan fingerprint density at radius 3 is 2.58 bits per heavy atom. The Morgan fingerprint density at radius 2 is 1.92 bits per heavy atom.